The van der Waals surface area contributed by atoms with Crippen LogP contribution in [0, 0.1) is 0 Å². The lowest BCUT2D eigenvalue weighted by Crippen LogP contribution is -2.30. The number of carbonyl (C=O) groups is 1. The van der Waals surface area contributed by atoms with Gasteiger partial charge in [0.05, 0.1) is 23.8 Å². The van der Waals surface area contributed by atoms with E-state index in [0.717, 1.165) is 16.4 Å². The summed E-state index contributed by atoms with van der Waals surface area (Å²) in [5.41, 5.74) is 0.213. The van der Waals surface area contributed by atoms with Crippen molar-refractivity contribution in [3.63, 3.8) is 0 Å². The van der Waals surface area contributed by atoms with E-state index in [1.807, 2.05) is 0 Å². The van der Waals surface area contributed by atoms with Crippen molar-refractivity contribution in [3.8, 4) is 0 Å². The quantitative estimate of drug-likeness (QED) is 0.373. The first-order chi connectivity index (χ1) is 8.63. The van der Waals surface area contributed by atoms with Gasteiger partial charge in [0.1, 0.15) is 0 Å². The monoisotopic (exact) mass is 265 g/mol. The lowest BCUT2D eigenvalue weighted by atomic mass is 10.2. The minimum atomic E-state index is -0.401. The van der Waals surface area contributed by atoms with Crippen molar-refractivity contribution >= 4 is 28.6 Å². The molecule has 0 amide bonds. The molecule has 94 valence electrons. The molecule has 0 unspecified atom stereocenters. The predicted molar refractivity (Wildman–Crippen MR) is 68.9 cm³/mol. The number of esters is 1. The van der Waals surface area contributed by atoms with E-state index in [2.05, 4.69) is 9.72 Å². The molecular formula is C11H11N3O3S. The summed E-state index contributed by atoms with van der Waals surface area (Å²) in [7, 11) is 1.30. The molecule has 0 aliphatic heterocycles. The summed E-state index contributed by atoms with van der Waals surface area (Å²) in [6, 6.07) is 6.90. The largest absolute Gasteiger partial charge is 0.468 e. The Bertz CT molecular complexity index is 654. The second-order valence-corrected chi connectivity index (χ2v) is 4.39. The summed E-state index contributed by atoms with van der Waals surface area (Å²) < 4.78 is 5.45. The molecule has 2 rings (SSSR count). The van der Waals surface area contributed by atoms with Crippen molar-refractivity contribution in [3.05, 3.63) is 34.6 Å². The number of para-hydroxylation sites is 1. The van der Waals surface area contributed by atoms with Crippen LogP contribution in [0.25, 0.3) is 10.9 Å². The van der Waals surface area contributed by atoms with E-state index in [1.165, 1.54) is 7.11 Å². The van der Waals surface area contributed by atoms with Crippen LogP contribution in [0.5, 0.6) is 0 Å². The van der Waals surface area contributed by atoms with Crippen LogP contribution in [-0.2, 0) is 9.53 Å². The highest BCUT2D eigenvalue weighted by Gasteiger charge is 2.11. The molecule has 0 spiro atoms. The minimum absolute atomic E-state index is 0.0540. The number of carbonyl (C=O) groups excluding carboxylic acids is 1. The van der Waals surface area contributed by atoms with E-state index < -0.39 is 5.97 Å². The fraction of sp³-hybridized carbons (Fsp3) is 0.182. The predicted octanol–water partition coefficient (Wildman–Crippen LogP) is 0.375. The fourth-order valence-electron chi connectivity index (χ4n) is 1.41. The summed E-state index contributed by atoms with van der Waals surface area (Å²) in [5, 5.41) is 0.728. The van der Waals surface area contributed by atoms with E-state index in [9.17, 15) is 9.59 Å². The number of ether oxygens (including phenoxy) is 1. The Morgan fingerprint density at radius 1 is 1.50 bits per heavy atom. The Hall–Kier alpha value is -2.02. The van der Waals surface area contributed by atoms with E-state index in [0.29, 0.717) is 10.9 Å². The molecule has 1 aromatic carbocycles. The van der Waals surface area contributed by atoms with Crippen molar-refractivity contribution in [1.82, 2.24) is 9.66 Å². The van der Waals surface area contributed by atoms with Gasteiger partial charge in [-0.2, -0.15) is 0 Å². The molecule has 1 heterocycles. The third-order valence-electron chi connectivity index (χ3n) is 2.32. The van der Waals surface area contributed by atoms with E-state index >= 15 is 0 Å². The Balaban J connectivity index is 2.43. The molecule has 0 bridgehead atoms. The smallest absolute Gasteiger partial charge is 0.316 e. The molecule has 1 aromatic heterocycles. The van der Waals surface area contributed by atoms with Gasteiger partial charge in [-0.3, -0.25) is 9.59 Å². The number of methoxy groups -OCH3 is 1. The molecule has 0 fully saturated rings. The highest BCUT2D eigenvalue weighted by molar-refractivity contribution is 7.99. The second-order valence-electron chi connectivity index (χ2n) is 3.45. The van der Waals surface area contributed by atoms with Crippen molar-refractivity contribution < 1.29 is 9.53 Å². The molecule has 0 saturated carbocycles. The Morgan fingerprint density at radius 2 is 2.22 bits per heavy atom. The van der Waals surface area contributed by atoms with Gasteiger partial charge >= 0.3 is 5.97 Å². The van der Waals surface area contributed by atoms with Crippen molar-refractivity contribution in [2.45, 2.75) is 5.16 Å². The van der Waals surface area contributed by atoms with Crippen molar-refractivity contribution in [2.24, 2.45) is 0 Å². The van der Waals surface area contributed by atoms with Gasteiger partial charge in [0, 0.05) is 0 Å². The van der Waals surface area contributed by atoms with Gasteiger partial charge in [-0.15, -0.1) is 0 Å². The lowest BCUT2D eigenvalue weighted by molar-refractivity contribution is -0.137. The number of hydrogen-bond acceptors (Lipinski definition) is 6. The third kappa shape index (κ3) is 2.30. The first-order valence-corrected chi connectivity index (χ1v) is 6.08. The number of hydrogen-bond donors (Lipinski definition) is 1. The number of nitrogens with zero attached hydrogens (tertiary/aromatic N) is 2. The first-order valence-electron chi connectivity index (χ1n) is 5.10. The number of rotatable bonds is 3. The summed E-state index contributed by atoms with van der Waals surface area (Å²) in [6.07, 6.45) is 0. The number of thioether (sulfide) groups is 1. The van der Waals surface area contributed by atoms with Crippen LogP contribution in [0.4, 0.5) is 0 Å². The number of nitrogens with two attached hydrogens (primary N) is 1. The van der Waals surface area contributed by atoms with Crippen LogP contribution >= 0.6 is 11.8 Å². The average Bonchev–Trinajstić information content (AvgIpc) is 2.41. The molecular weight excluding hydrogens is 254 g/mol. The van der Waals surface area contributed by atoms with Crippen LogP contribution in [-0.4, -0.2) is 28.5 Å². The number of nitrogen functional groups attached to an aromatic ring is 1. The molecule has 2 aromatic rings. The normalized spacial score (nSPS) is 10.5. The maximum atomic E-state index is 11.9. The molecule has 0 atom stereocenters. The van der Waals surface area contributed by atoms with Gasteiger partial charge in [0.15, 0.2) is 5.16 Å². The summed E-state index contributed by atoms with van der Waals surface area (Å²) >= 11 is 1.06. The molecule has 7 heteroatoms. The SMILES string of the molecule is COC(=O)CSc1nc2ccccc2c(=O)n1N. The Morgan fingerprint density at radius 3 is 2.94 bits per heavy atom. The standard InChI is InChI=1S/C11H11N3O3S/c1-17-9(15)6-18-11-13-8-5-3-2-4-7(8)10(16)14(11)12/h2-5H,6,12H2,1H3. The zero-order valence-electron chi connectivity index (χ0n) is 9.62. The Labute approximate surface area is 107 Å². The first kappa shape index (κ1) is 12.4. The highest BCUT2D eigenvalue weighted by atomic mass is 32.2. The van der Waals surface area contributed by atoms with Gasteiger partial charge in [-0.1, -0.05) is 23.9 Å². The minimum Gasteiger partial charge on any atom is -0.468 e. The average molecular weight is 265 g/mol. The number of benzene rings is 1. The van der Waals surface area contributed by atoms with Gasteiger partial charge < -0.3 is 10.6 Å². The van der Waals surface area contributed by atoms with E-state index in [1.54, 1.807) is 24.3 Å². The maximum absolute atomic E-state index is 11.9. The van der Waals surface area contributed by atoms with Crippen LogP contribution in [0.2, 0.25) is 0 Å². The zero-order chi connectivity index (χ0) is 13.1. The summed E-state index contributed by atoms with van der Waals surface area (Å²) in [5.74, 6) is 5.30. The molecule has 0 radical (unpaired) electrons. The van der Waals surface area contributed by atoms with Crippen molar-refractivity contribution in [2.75, 3.05) is 18.7 Å². The van der Waals surface area contributed by atoms with Gasteiger partial charge in [0.2, 0.25) is 0 Å². The molecule has 0 aliphatic carbocycles. The fourth-order valence-corrected chi connectivity index (χ4v) is 2.16. The van der Waals surface area contributed by atoms with Crippen molar-refractivity contribution in [1.29, 1.82) is 0 Å². The van der Waals surface area contributed by atoms with Crippen LogP contribution in [0.15, 0.2) is 34.2 Å². The third-order valence-corrected chi connectivity index (χ3v) is 3.25. The van der Waals surface area contributed by atoms with Crippen LogP contribution < -0.4 is 11.4 Å². The van der Waals surface area contributed by atoms with Crippen LogP contribution in [0.3, 0.4) is 0 Å². The van der Waals surface area contributed by atoms with Gasteiger partial charge in [-0.25, -0.2) is 9.66 Å². The second kappa shape index (κ2) is 5.09. The molecule has 18 heavy (non-hydrogen) atoms. The molecule has 6 nitrogen and oxygen atoms in total. The van der Waals surface area contributed by atoms with Gasteiger partial charge in [0.25, 0.3) is 5.56 Å². The molecule has 0 saturated heterocycles. The van der Waals surface area contributed by atoms with Crippen LogP contribution in [0.1, 0.15) is 0 Å². The molecule has 0 aliphatic rings. The molecule has 2 N–H and O–H groups in total. The van der Waals surface area contributed by atoms with E-state index in [4.69, 9.17) is 5.84 Å². The number of aromatic nitrogens is 2. The zero-order valence-corrected chi connectivity index (χ0v) is 10.4. The lowest BCUT2D eigenvalue weighted by Gasteiger charge is -2.07. The van der Waals surface area contributed by atoms with E-state index in [-0.39, 0.29) is 16.5 Å². The number of fused-ring (bicyclic) bond motifs is 1. The summed E-state index contributed by atoms with van der Waals surface area (Å²) in [6.45, 7) is 0. The summed E-state index contributed by atoms with van der Waals surface area (Å²) in [4.78, 5) is 27.2. The Kier molecular flexibility index (Phi) is 3.52. The van der Waals surface area contributed by atoms with Gasteiger partial charge in [-0.05, 0) is 12.1 Å². The topological polar surface area (TPSA) is 87.2 Å². The maximum Gasteiger partial charge on any atom is 0.316 e. The highest BCUT2D eigenvalue weighted by Crippen LogP contribution is 2.15.